The van der Waals surface area contributed by atoms with Gasteiger partial charge >= 0.3 is 0 Å². The Labute approximate surface area is 48.1 Å². The molecule has 1 N–H and O–H groups in total. The first kappa shape index (κ1) is 6.87. The van der Waals surface area contributed by atoms with Crippen molar-refractivity contribution >= 4 is 11.8 Å². The quantitative estimate of drug-likeness (QED) is 0.509. The van der Waals surface area contributed by atoms with Gasteiger partial charge in [-0.3, -0.25) is 0 Å². The second kappa shape index (κ2) is 5.87. The second-order valence-corrected chi connectivity index (χ2v) is 1.57. The van der Waals surface area contributed by atoms with E-state index >= 15 is 0 Å². The highest BCUT2D eigenvalue weighted by Crippen LogP contribution is 1.83. The molecule has 0 saturated carbocycles. The van der Waals surface area contributed by atoms with Gasteiger partial charge in [0.15, 0.2) is 0 Å². The molecular weight excluding hydrogens is 108 g/mol. The third kappa shape index (κ3) is 5.87. The molecule has 0 radical (unpaired) electrons. The third-order valence-electron chi connectivity index (χ3n) is 0.411. The molecule has 0 unspecified atom stereocenters. The van der Waals surface area contributed by atoms with Crippen molar-refractivity contribution < 1.29 is 5.11 Å². The Morgan fingerprint density at radius 3 is 2.86 bits per heavy atom. The van der Waals surface area contributed by atoms with E-state index in [0.717, 1.165) is 0 Å². The van der Waals surface area contributed by atoms with Gasteiger partial charge in [0.25, 0.3) is 0 Å². The first-order valence-corrected chi connectivity index (χ1v) is 3.26. The number of aliphatic hydroxyl groups excluding tert-OH is 1. The molecule has 0 aliphatic carbocycles. The number of hydrogen-bond acceptors (Lipinski definition) is 2. The van der Waals surface area contributed by atoms with Crippen LogP contribution in [-0.2, 0) is 0 Å². The Morgan fingerprint density at radius 2 is 2.43 bits per heavy atom. The largest absolute Gasteiger partial charge is 0.395 e. The summed E-state index contributed by atoms with van der Waals surface area (Å²) in [6.45, 7) is 0.174. The Hall–Kier alpha value is -0.130. The normalized spacial score (nSPS) is 7.14. The summed E-state index contributed by atoms with van der Waals surface area (Å²) < 4.78 is 0. The maximum absolute atomic E-state index is 8.18. The van der Waals surface area contributed by atoms with Crippen LogP contribution in [0.1, 0.15) is 6.42 Å². The van der Waals surface area contributed by atoms with Gasteiger partial charge < -0.3 is 5.11 Å². The Balaban J connectivity index is 2.91. The molecule has 0 amide bonds. The smallest absolute Gasteiger partial charge is 0.0540 e. The molecule has 0 aliphatic rings. The molecule has 0 aliphatic heterocycles. The predicted molar refractivity (Wildman–Crippen MR) is 33.0 cm³/mol. The van der Waals surface area contributed by atoms with E-state index in [9.17, 15) is 0 Å². The van der Waals surface area contributed by atoms with E-state index in [1.165, 1.54) is 11.8 Å². The Bertz CT molecular complexity index is 79.8. The topological polar surface area (TPSA) is 20.2 Å². The van der Waals surface area contributed by atoms with Crippen LogP contribution >= 0.6 is 11.8 Å². The summed E-state index contributed by atoms with van der Waals surface area (Å²) in [6.07, 6.45) is 2.51. The van der Waals surface area contributed by atoms with Gasteiger partial charge in [-0.15, -0.1) is 0 Å². The molecule has 0 spiro atoms. The summed E-state index contributed by atoms with van der Waals surface area (Å²) in [4.78, 5) is 0. The van der Waals surface area contributed by atoms with E-state index in [-0.39, 0.29) is 6.61 Å². The maximum atomic E-state index is 8.18. The predicted octanol–water partition coefficient (Wildman–Crippen LogP) is 0.693. The molecular formula is C5H8OS. The Kier molecular flexibility index (Phi) is 5.76. The molecule has 40 valence electrons. The minimum atomic E-state index is 0.174. The van der Waals surface area contributed by atoms with Crippen molar-refractivity contribution in [3.05, 3.63) is 0 Å². The SMILES string of the molecule is CSC#CCCO. The van der Waals surface area contributed by atoms with E-state index in [0.29, 0.717) is 6.42 Å². The molecule has 0 rings (SSSR count). The van der Waals surface area contributed by atoms with Gasteiger partial charge in [-0.2, -0.15) is 0 Å². The Morgan fingerprint density at radius 1 is 1.71 bits per heavy atom. The van der Waals surface area contributed by atoms with Crippen LogP contribution in [0.5, 0.6) is 0 Å². The first-order valence-electron chi connectivity index (χ1n) is 2.03. The molecule has 0 aromatic heterocycles. The molecule has 0 heterocycles. The fourth-order valence-corrected chi connectivity index (χ4v) is 0.426. The van der Waals surface area contributed by atoms with E-state index < -0.39 is 0 Å². The zero-order chi connectivity index (χ0) is 5.54. The molecule has 0 fully saturated rings. The summed E-state index contributed by atoms with van der Waals surface area (Å²) >= 11 is 1.47. The van der Waals surface area contributed by atoms with Crippen LogP contribution in [0.15, 0.2) is 0 Å². The van der Waals surface area contributed by atoms with E-state index in [2.05, 4.69) is 11.2 Å². The molecule has 0 bridgehead atoms. The van der Waals surface area contributed by atoms with Gasteiger partial charge in [-0.25, -0.2) is 0 Å². The van der Waals surface area contributed by atoms with Gasteiger partial charge in [0, 0.05) is 6.42 Å². The number of aliphatic hydroxyl groups is 1. The van der Waals surface area contributed by atoms with E-state index in [4.69, 9.17) is 5.11 Å². The van der Waals surface area contributed by atoms with Crippen LogP contribution in [0.25, 0.3) is 0 Å². The van der Waals surface area contributed by atoms with Gasteiger partial charge in [-0.1, -0.05) is 17.7 Å². The summed E-state index contributed by atoms with van der Waals surface area (Å²) in [5.41, 5.74) is 0. The molecule has 0 aromatic rings. The molecule has 0 atom stereocenters. The summed E-state index contributed by atoms with van der Waals surface area (Å²) in [5, 5.41) is 10.9. The average Bonchev–Trinajstić information content (AvgIpc) is 1.69. The summed E-state index contributed by atoms with van der Waals surface area (Å²) in [6, 6.07) is 0. The zero-order valence-electron chi connectivity index (χ0n) is 4.27. The second-order valence-electron chi connectivity index (χ2n) is 0.957. The first-order chi connectivity index (χ1) is 3.41. The van der Waals surface area contributed by atoms with E-state index in [1.54, 1.807) is 0 Å². The highest BCUT2D eigenvalue weighted by atomic mass is 32.2. The molecule has 7 heavy (non-hydrogen) atoms. The number of thioether (sulfide) groups is 1. The van der Waals surface area contributed by atoms with Crippen LogP contribution in [0.2, 0.25) is 0 Å². The lowest BCUT2D eigenvalue weighted by molar-refractivity contribution is 0.305. The van der Waals surface area contributed by atoms with Crippen molar-refractivity contribution in [3.63, 3.8) is 0 Å². The molecule has 0 aromatic carbocycles. The summed E-state index contributed by atoms with van der Waals surface area (Å²) in [5.74, 6) is 2.75. The van der Waals surface area contributed by atoms with Gasteiger partial charge in [0.05, 0.1) is 6.61 Å². The van der Waals surface area contributed by atoms with Crippen molar-refractivity contribution in [1.82, 2.24) is 0 Å². The lowest BCUT2D eigenvalue weighted by Gasteiger charge is -1.74. The summed E-state index contributed by atoms with van der Waals surface area (Å²) in [7, 11) is 0. The average molecular weight is 116 g/mol. The van der Waals surface area contributed by atoms with Crippen LogP contribution in [0, 0.1) is 11.2 Å². The van der Waals surface area contributed by atoms with Crippen molar-refractivity contribution in [2.75, 3.05) is 12.9 Å². The highest BCUT2D eigenvalue weighted by Gasteiger charge is 1.67. The van der Waals surface area contributed by atoms with Gasteiger partial charge in [-0.05, 0) is 11.5 Å². The lowest BCUT2D eigenvalue weighted by atomic mass is 10.5. The van der Waals surface area contributed by atoms with E-state index in [1.807, 2.05) is 6.26 Å². The number of rotatable bonds is 1. The molecule has 0 saturated heterocycles. The monoisotopic (exact) mass is 116 g/mol. The van der Waals surface area contributed by atoms with Crippen LogP contribution in [-0.4, -0.2) is 18.0 Å². The van der Waals surface area contributed by atoms with Gasteiger partial charge in [0.2, 0.25) is 0 Å². The van der Waals surface area contributed by atoms with Crippen molar-refractivity contribution in [2.24, 2.45) is 0 Å². The van der Waals surface area contributed by atoms with Crippen LogP contribution in [0.3, 0.4) is 0 Å². The van der Waals surface area contributed by atoms with Gasteiger partial charge in [0.1, 0.15) is 0 Å². The third-order valence-corrected chi connectivity index (χ3v) is 0.759. The van der Waals surface area contributed by atoms with Crippen LogP contribution < -0.4 is 0 Å². The fraction of sp³-hybridized carbons (Fsp3) is 0.600. The van der Waals surface area contributed by atoms with Crippen LogP contribution in [0.4, 0.5) is 0 Å². The highest BCUT2D eigenvalue weighted by molar-refractivity contribution is 8.03. The lowest BCUT2D eigenvalue weighted by Crippen LogP contribution is -1.73. The molecule has 2 heteroatoms. The molecule has 1 nitrogen and oxygen atoms in total. The van der Waals surface area contributed by atoms with Crippen molar-refractivity contribution in [2.45, 2.75) is 6.42 Å². The minimum absolute atomic E-state index is 0.174. The minimum Gasteiger partial charge on any atom is -0.395 e. The van der Waals surface area contributed by atoms with Crippen molar-refractivity contribution in [1.29, 1.82) is 0 Å². The fourth-order valence-electron chi connectivity index (χ4n) is 0.179. The zero-order valence-corrected chi connectivity index (χ0v) is 5.09. The van der Waals surface area contributed by atoms with Crippen molar-refractivity contribution in [3.8, 4) is 11.2 Å². The maximum Gasteiger partial charge on any atom is 0.0540 e. The standard InChI is InChI=1S/C5H8OS/c1-7-5-3-2-4-6/h6H,2,4H2,1H3. The number of hydrogen-bond donors (Lipinski definition) is 1.